The summed E-state index contributed by atoms with van der Waals surface area (Å²) in [5.74, 6) is 0.141. The number of hydrogen-bond acceptors (Lipinski definition) is 3. The van der Waals surface area contributed by atoms with Crippen molar-refractivity contribution < 1.29 is 4.79 Å². The van der Waals surface area contributed by atoms with Crippen LogP contribution in [-0.2, 0) is 4.79 Å². The third-order valence-corrected chi connectivity index (χ3v) is 1.79. The molecule has 0 bridgehead atoms. The van der Waals surface area contributed by atoms with Crippen LogP contribution in [0.2, 0.25) is 0 Å². The van der Waals surface area contributed by atoms with Crippen molar-refractivity contribution in [3.05, 3.63) is 35.6 Å². The van der Waals surface area contributed by atoms with Gasteiger partial charge in [0, 0.05) is 12.6 Å². The van der Waals surface area contributed by atoms with Crippen molar-refractivity contribution in [2.75, 3.05) is 0 Å². The second-order valence-corrected chi connectivity index (χ2v) is 2.66. The Balaban J connectivity index is 2.36. The molecule has 12 heavy (non-hydrogen) atoms. The molecule has 0 radical (unpaired) electrons. The number of hydrazone groups is 1. The summed E-state index contributed by atoms with van der Waals surface area (Å²) in [6.45, 7) is 0. The maximum absolute atomic E-state index is 11.0. The van der Waals surface area contributed by atoms with Crippen LogP contribution in [0.25, 0.3) is 0 Å². The maximum atomic E-state index is 11.0. The van der Waals surface area contributed by atoms with Crippen LogP contribution in [0.15, 0.2) is 40.7 Å². The fourth-order valence-corrected chi connectivity index (χ4v) is 1.19. The van der Waals surface area contributed by atoms with E-state index in [0.29, 0.717) is 6.42 Å². The standard InChI is InChI=1S/C9H8N2O/c12-8-3-4-9-7(6-8)2-1-5-10-11-9/h1-5,11H,6H2. The smallest absolute Gasteiger partial charge is 0.160 e. The number of nitrogens with one attached hydrogen (secondary N) is 1. The Morgan fingerprint density at radius 2 is 2.25 bits per heavy atom. The molecule has 0 unspecified atom stereocenters. The van der Waals surface area contributed by atoms with E-state index in [9.17, 15) is 4.79 Å². The minimum atomic E-state index is 0.141. The Hall–Kier alpha value is -1.64. The van der Waals surface area contributed by atoms with Crippen molar-refractivity contribution in [1.29, 1.82) is 0 Å². The summed E-state index contributed by atoms with van der Waals surface area (Å²) in [4.78, 5) is 11.0. The van der Waals surface area contributed by atoms with Crippen molar-refractivity contribution in [2.24, 2.45) is 5.10 Å². The molecule has 0 aromatic heterocycles. The minimum absolute atomic E-state index is 0.141. The Labute approximate surface area is 70.2 Å². The number of allylic oxidation sites excluding steroid dienone is 5. The van der Waals surface area contributed by atoms with Crippen LogP contribution in [0.3, 0.4) is 0 Å². The lowest BCUT2D eigenvalue weighted by molar-refractivity contribution is -0.114. The third-order valence-electron chi connectivity index (χ3n) is 1.79. The number of hydrogen-bond donors (Lipinski definition) is 1. The summed E-state index contributed by atoms with van der Waals surface area (Å²) in [5.41, 5.74) is 4.77. The molecule has 1 aliphatic carbocycles. The van der Waals surface area contributed by atoms with Gasteiger partial charge in [-0.1, -0.05) is 6.08 Å². The van der Waals surface area contributed by atoms with Gasteiger partial charge in [0.1, 0.15) is 0 Å². The first kappa shape index (κ1) is 7.03. The zero-order valence-electron chi connectivity index (χ0n) is 6.45. The van der Waals surface area contributed by atoms with Gasteiger partial charge in [-0.25, -0.2) is 0 Å². The molecule has 0 spiro atoms. The summed E-state index contributed by atoms with van der Waals surface area (Å²) in [5, 5.41) is 3.90. The molecule has 3 heteroatoms. The predicted octanol–water partition coefficient (Wildman–Crippen LogP) is 0.915. The van der Waals surface area contributed by atoms with E-state index in [1.54, 1.807) is 18.4 Å². The van der Waals surface area contributed by atoms with Gasteiger partial charge in [-0.15, -0.1) is 0 Å². The molecule has 60 valence electrons. The van der Waals surface area contributed by atoms with Gasteiger partial charge in [0.25, 0.3) is 0 Å². The normalized spacial score (nSPS) is 20.5. The molecular weight excluding hydrogens is 152 g/mol. The SMILES string of the molecule is O=C1C=CC2=C(C=CC=NN2)C1. The molecule has 0 aromatic carbocycles. The maximum Gasteiger partial charge on any atom is 0.160 e. The predicted molar refractivity (Wildman–Crippen MR) is 46.6 cm³/mol. The van der Waals surface area contributed by atoms with Gasteiger partial charge >= 0.3 is 0 Å². The highest BCUT2D eigenvalue weighted by molar-refractivity contribution is 5.94. The Kier molecular flexibility index (Phi) is 1.63. The van der Waals surface area contributed by atoms with E-state index in [0.717, 1.165) is 11.3 Å². The lowest BCUT2D eigenvalue weighted by atomic mass is 10.0. The van der Waals surface area contributed by atoms with Crippen molar-refractivity contribution >= 4 is 12.0 Å². The Morgan fingerprint density at radius 3 is 3.17 bits per heavy atom. The number of ketones is 1. The monoisotopic (exact) mass is 160 g/mol. The van der Waals surface area contributed by atoms with E-state index in [1.165, 1.54) is 0 Å². The number of rotatable bonds is 0. The molecule has 0 amide bonds. The second-order valence-electron chi connectivity index (χ2n) is 2.66. The molecule has 0 fully saturated rings. The highest BCUT2D eigenvalue weighted by atomic mass is 16.1. The topological polar surface area (TPSA) is 41.5 Å². The minimum Gasteiger partial charge on any atom is -0.294 e. The lowest BCUT2D eigenvalue weighted by Gasteiger charge is -2.09. The average Bonchev–Trinajstić information content (AvgIpc) is 2.28. The van der Waals surface area contributed by atoms with Crippen molar-refractivity contribution in [1.82, 2.24) is 5.43 Å². The highest BCUT2D eigenvalue weighted by Gasteiger charge is 2.11. The van der Waals surface area contributed by atoms with Crippen molar-refractivity contribution in [3.63, 3.8) is 0 Å². The van der Waals surface area contributed by atoms with Crippen LogP contribution in [0.4, 0.5) is 0 Å². The van der Waals surface area contributed by atoms with E-state index in [1.807, 2.05) is 12.2 Å². The average molecular weight is 160 g/mol. The molecule has 1 heterocycles. The molecule has 2 rings (SSSR count). The summed E-state index contributed by atoms with van der Waals surface area (Å²) in [7, 11) is 0. The lowest BCUT2D eigenvalue weighted by Crippen LogP contribution is -2.10. The van der Waals surface area contributed by atoms with Gasteiger partial charge in [0.15, 0.2) is 5.78 Å². The molecular formula is C9H8N2O. The summed E-state index contributed by atoms with van der Waals surface area (Å²) >= 11 is 0. The molecule has 0 saturated carbocycles. The fourth-order valence-electron chi connectivity index (χ4n) is 1.19. The van der Waals surface area contributed by atoms with Gasteiger partial charge in [0.05, 0.1) is 5.70 Å². The van der Waals surface area contributed by atoms with Crippen molar-refractivity contribution in [2.45, 2.75) is 6.42 Å². The van der Waals surface area contributed by atoms with Gasteiger partial charge in [-0.05, 0) is 23.8 Å². The van der Waals surface area contributed by atoms with E-state index >= 15 is 0 Å². The van der Waals surface area contributed by atoms with Crippen LogP contribution in [0, 0.1) is 0 Å². The van der Waals surface area contributed by atoms with E-state index in [2.05, 4.69) is 10.5 Å². The third kappa shape index (κ3) is 1.21. The first-order valence-corrected chi connectivity index (χ1v) is 3.76. The second kappa shape index (κ2) is 2.77. The van der Waals surface area contributed by atoms with Crippen LogP contribution in [0.1, 0.15) is 6.42 Å². The van der Waals surface area contributed by atoms with Crippen LogP contribution >= 0.6 is 0 Å². The quantitative estimate of drug-likeness (QED) is 0.572. The number of carbonyl (C=O) groups is 1. The molecule has 3 nitrogen and oxygen atoms in total. The molecule has 2 aliphatic rings. The van der Waals surface area contributed by atoms with E-state index < -0.39 is 0 Å². The van der Waals surface area contributed by atoms with Crippen molar-refractivity contribution in [3.8, 4) is 0 Å². The fraction of sp³-hybridized carbons (Fsp3) is 0.111. The number of nitrogens with zero attached hydrogens (tertiary/aromatic N) is 1. The zero-order chi connectivity index (χ0) is 8.39. The van der Waals surface area contributed by atoms with Gasteiger partial charge < -0.3 is 0 Å². The number of carbonyl (C=O) groups excluding carboxylic acids is 1. The largest absolute Gasteiger partial charge is 0.294 e. The molecule has 1 N–H and O–H groups in total. The first-order valence-electron chi connectivity index (χ1n) is 3.76. The zero-order valence-corrected chi connectivity index (χ0v) is 6.45. The van der Waals surface area contributed by atoms with E-state index in [4.69, 9.17) is 0 Å². The molecule has 0 atom stereocenters. The van der Waals surface area contributed by atoms with E-state index in [-0.39, 0.29) is 5.78 Å². The summed E-state index contributed by atoms with van der Waals surface area (Å²) in [6, 6.07) is 0. The van der Waals surface area contributed by atoms with Gasteiger partial charge in [0.2, 0.25) is 0 Å². The van der Waals surface area contributed by atoms with Crippen LogP contribution in [0.5, 0.6) is 0 Å². The molecule has 0 aromatic rings. The van der Waals surface area contributed by atoms with Crippen LogP contribution < -0.4 is 5.43 Å². The van der Waals surface area contributed by atoms with Gasteiger partial charge in [-0.2, -0.15) is 5.10 Å². The summed E-state index contributed by atoms with van der Waals surface area (Å²) in [6.07, 6.45) is 9.19. The Morgan fingerprint density at radius 1 is 1.33 bits per heavy atom. The highest BCUT2D eigenvalue weighted by Crippen LogP contribution is 2.16. The molecule has 0 saturated heterocycles. The molecule has 1 aliphatic heterocycles. The summed E-state index contributed by atoms with van der Waals surface area (Å²) < 4.78 is 0. The Bertz CT molecular complexity index is 334. The van der Waals surface area contributed by atoms with Crippen LogP contribution in [-0.4, -0.2) is 12.0 Å². The first-order chi connectivity index (χ1) is 5.86. The van der Waals surface area contributed by atoms with Gasteiger partial charge in [-0.3, -0.25) is 10.2 Å².